The zero-order valence-electron chi connectivity index (χ0n) is 10.8. The SMILES string of the molecule is [CH2-]CCC(=O)CC.[CH2-]CCC(C)(C)C.[W+2]. The van der Waals surface area contributed by atoms with Gasteiger partial charge >= 0.3 is 21.1 Å². The van der Waals surface area contributed by atoms with E-state index in [1.165, 1.54) is 6.42 Å². The Hall–Kier alpha value is 0.358. The van der Waals surface area contributed by atoms with Gasteiger partial charge in [-0.15, -0.1) is 0 Å². The molecule has 0 aromatic heterocycles. The van der Waals surface area contributed by atoms with Gasteiger partial charge in [-0.1, -0.05) is 34.1 Å². The molecule has 0 bridgehead atoms. The van der Waals surface area contributed by atoms with Crippen LogP contribution in [0.15, 0.2) is 0 Å². The maximum absolute atomic E-state index is 10.4. The Bertz CT molecular complexity index is 136. The predicted octanol–water partition coefficient (Wildman–Crippen LogP) is 4.22. The second-order valence-electron chi connectivity index (χ2n) is 4.66. The summed E-state index contributed by atoms with van der Waals surface area (Å²) in [6.45, 7) is 15.9. The fourth-order valence-corrected chi connectivity index (χ4v) is 0.904. The van der Waals surface area contributed by atoms with Gasteiger partial charge in [0.2, 0.25) is 0 Å². The third-order valence-electron chi connectivity index (χ3n) is 1.78. The normalized spacial score (nSPS) is 9.73. The maximum Gasteiger partial charge on any atom is 2.00 e. The number of carbonyl (C=O) groups excluding carboxylic acids is 1. The predicted molar refractivity (Wildman–Crippen MR) is 63.9 cm³/mol. The zero-order chi connectivity index (χ0) is 11.6. The van der Waals surface area contributed by atoms with Gasteiger partial charge in [0.25, 0.3) is 0 Å². The number of rotatable bonds is 4. The second-order valence-corrected chi connectivity index (χ2v) is 4.66. The monoisotopic (exact) mass is 382 g/mol. The average Bonchev–Trinajstić information content (AvgIpc) is 2.03. The van der Waals surface area contributed by atoms with Gasteiger partial charge in [0.1, 0.15) is 5.78 Å². The van der Waals surface area contributed by atoms with Gasteiger partial charge < -0.3 is 13.8 Å². The molecule has 2 heteroatoms. The summed E-state index contributed by atoms with van der Waals surface area (Å²) in [6.07, 6.45) is 4.34. The molecule has 0 aliphatic heterocycles. The molecule has 0 rings (SSSR count). The van der Waals surface area contributed by atoms with E-state index in [0.717, 1.165) is 12.8 Å². The summed E-state index contributed by atoms with van der Waals surface area (Å²) in [7, 11) is 0. The van der Waals surface area contributed by atoms with E-state index in [1.807, 2.05) is 6.92 Å². The van der Waals surface area contributed by atoms with Crippen LogP contribution in [0.3, 0.4) is 0 Å². The van der Waals surface area contributed by atoms with Gasteiger partial charge in [-0.3, -0.25) is 4.79 Å². The van der Waals surface area contributed by atoms with Crippen molar-refractivity contribution in [1.29, 1.82) is 0 Å². The molecule has 0 aliphatic rings. The van der Waals surface area contributed by atoms with E-state index in [0.29, 0.717) is 24.0 Å². The summed E-state index contributed by atoms with van der Waals surface area (Å²) in [4.78, 5) is 10.4. The Morgan fingerprint density at radius 2 is 1.60 bits per heavy atom. The summed E-state index contributed by atoms with van der Waals surface area (Å²) in [5.41, 5.74) is 0.488. The number of Topliss-reactive ketones (excluding diaryl/α,β-unsaturated/α-hetero) is 1. The molecule has 0 aromatic carbocycles. The first-order valence-electron chi connectivity index (χ1n) is 5.47. The Balaban J connectivity index is -0.000000180. The van der Waals surface area contributed by atoms with Crippen molar-refractivity contribution in [1.82, 2.24) is 0 Å². The second kappa shape index (κ2) is 12.4. The van der Waals surface area contributed by atoms with Crippen LogP contribution in [0.5, 0.6) is 0 Å². The molecule has 0 amide bonds. The van der Waals surface area contributed by atoms with Crippen LogP contribution >= 0.6 is 0 Å². The van der Waals surface area contributed by atoms with E-state index in [2.05, 4.69) is 34.6 Å². The Morgan fingerprint density at radius 3 is 1.67 bits per heavy atom. The minimum Gasteiger partial charge on any atom is -0.343 e. The van der Waals surface area contributed by atoms with Crippen LogP contribution in [0, 0.1) is 19.3 Å². The third kappa shape index (κ3) is 25.0. The number of ketones is 1. The molecule has 0 aromatic rings. The van der Waals surface area contributed by atoms with E-state index in [-0.39, 0.29) is 21.1 Å². The van der Waals surface area contributed by atoms with E-state index >= 15 is 0 Å². The minimum atomic E-state index is 0. The van der Waals surface area contributed by atoms with Gasteiger partial charge in [-0.05, 0) is 11.8 Å². The van der Waals surface area contributed by atoms with Crippen molar-refractivity contribution in [3.05, 3.63) is 13.8 Å². The molecular formula is C13H26OW. The molecule has 0 heterocycles. The van der Waals surface area contributed by atoms with Crippen LogP contribution in [0.2, 0.25) is 0 Å². The zero-order valence-corrected chi connectivity index (χ0v) is 13.7. The summed E-state index contributed by atoms with van der Waals surface area (Å²) in [5, 5.41) is 0. The Morgan fingerprint density at radius 1 is 1.13 bits per heavy atom. The van der Waals surface area contributed by atoms with Crippen LogP contribution in [-0.2, 0) is 25.9 Å². The molecule has 0 atom stereocenters. The van der Waals surface area contributed by atoms with Gasteiger partial charge in [-0.2, -0.15) is 12.8 Å². The van der Waals surface area contributed by atoms with Crippen LogP contribution in [0.1, 0.15) is 59.8 Å². The molecule has 0 saturated heterocycles. The summed E-state index contributed by atoms with van der Waals surface area (Å²) in [5.74, 6) is 0.315. The molecule has 0 fully saturated rings. The standard InChI is InChI=1S/C7H15.C6H11O.W/c1-5-6-7(2,3)4;1-3-5-6(7)4-2;/h1,5-6H2,2-4H3;1,3-5H2,2H3;/q2*-1;+2. The number of hydrogen-bond acceptors (Lipinski definition) is 1. The van der Waals surface area contributed by atoms with Crippen molar-refractivity contribution >= 4 is 5.78 Å². The molecule has 1 nitrogen and oxygen atoms in total. The van der Waals surface area contributed by atoms with Crippen molar-refractivity contribution in [3.8, 4) is 0 Å². The number of hydrogen-bond donors (Lipinski definition) is 0. The van der Waals surface area contributed by atoms with Crippen molar-refractivity contribution in [2.75, 3.05) is 0 Å². The first kappa shape index (κ1) is 20.7. The first-order chi connectivity index (χ1) is 6.37. The molecule has 0 aliphatic carbocycles. The van der Waals surface area contributed by atoms with E-state index in [9.17, 15) is 4.79 Å². The molecular weight excluding hydrogens is 356 g/mol. The largest absolute Gasteiger partial charge is 2.00 e. The van der Waals surface area contributed by atoms with Gasteiger partial charge in [0.05, 0.1) is 0 Å². The quantitative estimate of drug-likeness (QED) is 0.666. The van der Waals surface area contributed by atoms with E-state index in [4.69, 9.17) is 0 Å². The summed E-state index contributed by atoms with van der Waals surface area (Å²) >= 11 is 0. The summed E-state index contributed by atoms with van der Waals surface area (Å²) in [6, 6.07) is 0. The van der Waals surface area contributed by atoms with Crippen LogP contribution in [0.25, 0.3) is 0 Å². The van der Waals surface area contributed by atoms with Crippen molar-refractivity contribution in [2.45, 2.75) is 59.8 Å². The summed E-state index contributed by atoms with van der Waals surface area (Å²) < 4.78 is 0. The van der Waals surface area contributed by atoms with Crippen molar-refractivity contribution in [3.63, 3.8) is 0 Å². The van der Waals surface area contributed by atoms with Crippen LogP contribution in [-0.4, -0.2) is 5.78 Å². The third-order valence-corrected chi connectivity index (χ3v) is 1.78. The average molecular weight is 382 g/mol. The van der Waals surface area contributed by atoms with Crippen LogP contribution < -0.4 is 0 Å². The molecule has 0 N–H and O–H groups in total. The molecule has 90 valence electrons. The molecule has 0 saturated carbocycles. The van der Waals surface area contributed by atoms with E-state index < -0.39 is 0 Å². The molecule has 0 radical (unpaired) electrons. The molecule has 0 unspecified atom stereocenters. The Labute approximate surface area is 111 Å². The molecule has 0 spiro atoms. The van der Waals surface area contributed by atoms with Gasteiger partial charge in [-0.25, -0.2) is 0 Å². The first-order valence-corrected chi connectivity index (χ1v) is 5.47. The fraction of sp³-hybridized carbons (Fsp3) is 0.769. The maximum atomic E-state index is 10.4. The van der Waals surface area contributed by atoms with Crippen molar-refractivity contribution in [2.24, 2.45) is 5.41 Å². The van der Waals surface area contributed by atoms with Gasteiger partial charge in [0, 0.05) is 6.42 Å². The molecule has 15 heavy (non-hydrogen) atoms. The van der Waals surface area contributed by atoms with Crippen molar-refractivity contribution < 1.29 is 25.9 Å². The van der Waals surface area contributed by atoms with Gasteiger partial charge in [0.15, 0.2) is 0 Å². The number of carbonyl (C=O) groups is 1. The van der Waals surface area contributed by atoms with E-state index in [1.54, 1.807) is 0 Å². The fourth-order valence-electron chi connectivity index (χ4n) is 0.904. The topological polar surface area (TPSA) is 17.1 Å². The Kier molecular flexibility index (Phi) is 17.2. The minimum absolute atomic E-state index is 0. The smallest absolute Gasteiger partial charge is 0.343 e. The van der Waals surface area contributed by atoms with Crippen LogP contribution in [0.4, 0.5) is 0 Å².